The summed E-state index contributed by atoms with van der Waals surface area (Å²) < 4.78 is 7.81. The molecule has 14 heavy (non-hydrogen) atoms. The first-order valence-corrected chi connectivity index (χ1v) is 5.25. The lowest BCUT2D eigenvalue weighted by molar-refractivity contribution is 0.108. The van der Waals surface area contributed by atoms with E-state index in [1.807, 2.05) is 6.33 Å². The number of hydrogen-bond acceptors (Lipinski definition) is 3. The molecule has 2 N–H and O–H groups in total. The largest absolute Gasteiger partial charge is 0.372 e. The number of nitrogens with zero attached hydrogens (tertiary/aromatic N) is 2. The van der Waals surface area contributed by atoms with E-state index in [-0.39, 0.29) is 12.1 Å². The number of rotatable bonds is 1. The topological polar surface area (TPSA) is 53.1 Å². The van der Waals surface area contributed by atoms with E-state index in [1.54, 1.807) is 0 Å². The quantitative estimate of drug-likeness (QED) is 0.711. The molecule has 1 aromatic heterocycles. The third-order valence-corrected chi connectivity index (χ3v) is 3.10. The van der Waals surface area contributed by atoms with E-state index in [2.05, 4.69) is 9.55 Å². The summed E-state index contributed by atoms with van der Waals surface area (Å²) in [7, 11) is 0. The van der Waals surface area contributed by atoms with Gasteiger partial charge in [-0.15, -0.1) is 0 Å². The van der Waals surface area contributed by atoms with Gasteiger partial charge in [0.05, 0.1) is 12.0 Å². The number of nitrogens with two attached hydrogens (primary N) is 1. The van der Waals surface area contributed by atoms with Gasteiger partial charge in [0.25, 0.3) is 0 Å². The maximum atomic E-state index is 5.91. The Hall–Kier alpha value is -0.870. The van der Waals surface area contributed by atoms with Gasteiger partial charge >= 0.3 is 0 Å². The number of fused-ring (bicyclic) bond motifs is 1. The number of hydrogen-bond donors (Lipinski definition) is 1. The first kappa shape index (κ1) is 8.44. The van der Waals surface area contributed by atoms with E-state index in [1.165, 1.54) is 5.69 Å². The Balaban J connectivity index is 1.92. The molecule has 2 aliphatic heterocycles. The molecule has 0 spiro atoms. The Morgan fingerprint density at radius 2 is 2.50 bits per heavy atom. The van der Waals surface area contributed by atoms with Crippen LogP contribution in [0.1, 0.15) is 30.3 Å². The molecule has 2 unspecified atom stereocenters. The lowest BCUT2D eigenvalue weighted by atomic mass is 10.1. The van der Waals surface area contributed by atoms with Gasteiger partial charge in [-0.2, -0.15) is 0 Å². The fourth-order valence-corrected chi connectivity index (χ4v) is 2.43. The molecule has 4 heteroatoms. The van der Waals surface area contributed by atoms with Crippen LogP contribution in [0.3, 0.4) is 0 Å². The highest BCUT2D eigenvalue weighted by atomic mass is 16.5. The fraction of sp³-hybridized carbons (Fsp3) is 0.700. The van der Waals surface area contributed by atoms with Gasteiger partial charge in [0.15, 0.2) is 0 Å². The number of aromatic nitrogens is 2. The molecular weight excluding hydrogens is 178 g/mol. The standard InChI is InChI=1S/C10H15N3O/c11-7-4-8-10(9-2-1-3-14-9)12-6-13(8)5-7/h6-7,9H,1-5,11H2. The molecule has 0 radical (unpaired) electrons. The summed E-state index contributed by atoms with van der Waals surface area (Å²) in [6, 6.07) is 0.271. The van der Waals surface area contributed by atoms with E-state index in [4.69, 9.17) is 10.5 Å². The second kappa shape index (κ2) is 3.07. The van der Waals surface area contributed by atoms with Crippen LogP contribution in [0.15, 0.2) is 6.33 Å². The second-order valence-corrected chi connectivity index (χ2v) is 4.19. The maximum absolute atomic E-state index is 5.91. The summed E-state index contributed by atoms with van der Waals surface area (Å²) in [6.07, 6.45) is 5.35. The first-order chi connectivity index (χ1) is 6.84. The van der Waals surface area contributed by atoms with Gasteiger partial charge in [0.1, 0.15) is 6.10 Å². The molecular formula is C10H15N3O. The monoisotopic (exact) mass is 193 g/mol. The predicted molar refractivity (Wildman–Crippen MR) is 51.8 cm³/mol. The molecule has 1 aromatic rings. The molecule has 76 valence electrons. The lowest BCUT2D eigenvalue weighted by Crippen LogP contribution is -2.21. The number of ether oxygens (including phenoxy) is 1. The summed E-state index contributed by atoms with van der Waals surface area (Å²) in [4.78, 5) is 4.44. The summed E-state index contributed by atoms with van der Waals surface area (Å²) in [5, 5.41) is 0. The first-order valence-electron chi connectivity index (χ1n) is 5.25. The van der Waals surface area contributed by atoms with Crippen LogP contribution in [-0.2, 0) is 17.7 Å². The van der Waals surface area contributed by atoms with Gasteiger partial charge < -0.3 is 15.0 Å². The van der Waals surface area contributed by atoms with Gasteiger partial charge in [-0.25, -0.2) is 4.98 Å². The minimum absolute atomic E-state index is 0.233. The van der Waals surface area contributed by atoms with Crippen LogP contribution in [0.4, 0.5) is 0 Å². The Morgan fingerprint density at radius 1 is 1.57 bits per heavy atom. The predicted octanol–water partition coefficient (Wildman–Crippen LogP) is 0.618. The minimum atomic E-state index is 0.233. The smallest absolute Gasteiger partial charge is 0.101 e. The van der Waals surface area contributed by atoms with Crippen LogP contribution in [0.25, 0.3) is 0 Å². The van der Waals surface area contributed by atoms with Crippen LogP contribution in [0.2, 0.25) is 0 Å². The molecule has 0 aliphatic carbocycles. The van der Waals surface area contributed by atoms with Gasteiger partial charge in [-0.3, -0.25) is 0 Å². The summed E-state index contributed by atoms with van der Waals surface area (Å²) in [5.41, 5.74) is 8.34. The SMILES string of the molecule is NC1Cc2c(C3CCCO3)ncn2C1. The van der Waals surface area contributed by atoms with Gasteiger partial charge in [-0.05, 0) is 12.8 Å². The summed E-state index contributed by atoms with van der Waals surface area (Å²) in [5.74, 6) is 0. The Labute approximate surface area is 83.1 Å². The van der Waals surface area contributed by atoms with Gasteiger partial charge in [0.2, 0.25) is 0 Å². The molecule has 0 bridgehead atoms. The molecule has 1 saturated heterocycles. The zero-order valence-corrected chi connectivity index (χ0v) is 8.15. The molecule has 3 heterocycles. The van der Waals surface area contributed by atoms with Crippen molar-refractivity contribution in [1.82, 2.24) is 9.55 Å². The van der Waals surface area contributed by atoms with Crippen molar-refractivity contribution in [2.75, 3.05) is 6.61 Å². The number of imidazole rings is 1. The zero-order valence-electron chi connectivity index (χ0n) is 8.15. The third-order valence-electron chi connectivity index (χ3n) is 3.10. The molecule has 1 fully saturated rings. The highest BCUT2D eigenvalue weighted by Gasteiger charge is 2.28. The van der Waals surface area contributed by atoms with Crippen molar-refractivity contribution in [3.8, 4) is 0 Å². The summed E-state index contributed by atoms with van der Waals surface area (Å²) in [6.45, 7) is 1.79. The normalized spacial score (nSPS) is 30.9. The lowest BCUT2D eigenvalue weighted by Gasteiger charge is -2.07. The van der Waals surface area contributed by atoms with Crippen LogP contribution in [0, 0.1) is 0 Å². The van der Waals surface area contributed by atoms with E-state index in [0.29, 0.717) is 0 Å². The van der Waals surface area contributed by atoms with Crippen molar-refractivity contribution in [2.45, 2.75) is 38.0 Å². The zero-order chi connectivity index (χ0) is 9.54. The highest BCUT2D eigenvalue weighted by Crippen LogP contribution is 2.31. The second-order valence-electron chi connectivity index (χ2n) is 4.19. The highest BCUT2D eigenvalue weighted by molar-refractivity contribution is 5.21. The molecule has 3 rings (SSSR count). The van der Waals surface area contributed by atoms with Crippen LogP contribution in [0.5, 0.6) is 0 Å². The van der Waals surface area contributed by atoms with Crippen LogP contribution >= 0.6 is 0 Å². The minimum Gasteiger partial charge on any atom is -0.372 e. The molecule has 4 nitrogen and oxygen atoms in total. The molecule has 0 saturated carbocycles. The van der Waals surface area contributed by atoms with E-state index >= 15 is 0 Å². The maximum Gasteiger partial charge on any atom is 0.101 e. The van der Waals surface area contributed by atoms with Crippen molar-refractivity contribution < 1.29 is 4.74 Å². The van der Waals surface area contributed by atoms with Crippen molar-refractivity contribution in [2.24, 2.45) is 5.73 Å². The average molecular weight is 193 g/mol. The summed E-state index contributed by atoms with van der Waals surface area (Å²) >= 11 is 0. The molecule has 2 aliphatic rings. The van der Waals surface area contributed by atoms with Gasteiger partial charge in [-0.1, -0.05) is 0 Å². The van der Waals surface area contributed by atoms with E-state index in [9.17, 15) is 0 Å². The van der Waals surface area contributed by atoms with Crippen LogP contribution < -0.4 is 5.73 Å². The average Bonchev–Trinajstić information content (AvgIpc) is 2.77. The Kier molecular flexibility index (Phi) is 1.85. The van der Waals surface area contributed by atoms with Crippen molar-refractivity contribution in [3.63, 3.8) is 0 Å². The van der Waals surface area contributed by atoms with E-state index < -0.39 is 0 Å². The Morgan fingerprint density at radius 3 is 3.29 bits per heavy atom. The van der Waals surface area contributed by atoms with Gasteiger partial charge in [0, 0.05) is 31.3 Å². The third kappa shape index (κ3) is 1.18. The fourth-order valence-electron chi connectivity index (χ4n) is 2.43. The molecule has 0 amide bonds. The van der Waals surface area contributed by atoms with E-state index in [0.717, 1.165) is 38.1 Å². The van der Waals surface area contributed by atoms with Crippen molar-refractivity contribution in [1.29, 1.82) is 0 Å². The van der Waals surface area contributed by atoms with Crippen molar-refractivity contribution >= 4 is 0 Å². The molecule has 2 atom stereocenters. The van der Waals surface area contributed by atoms with Crippen molar-refractivity contribution in [3.05, 3.63) is 17.7 Å². The van der Waals surface area contributed by atoms with Crippen LogP contribution in [-0.4, -0.2) is 22.2 Å². The molecule has 0 aromatic carbocycles. The Bertz CT molecular complexity index is 341.